The Labute approximate surface area is 105 Å². The fourth-order valence-corrected chi connectivity index (χ4v) is 2.16. The van der Waals surface area contributed by atoms with E-state index >= 15 is 0 Å². The molecular weight excluding hydrogens is 323 g/mol. The fraction of sp³-hybridized carbons (Fsp3) is 0. The maximum absolute atomic E-state index is 11.0. The molecule has 0 aliphatic rings. The number of hydrogen-bond donors (Lipinski definition) is 1. The van der Waals surface area contributed by atoms with Crippen LogP contribution in [-0.2, 0) is 0 Å². The Morgan fingerprint density at radius 2 is 2.00 bits per heavy atom. The molecule has 1 N–H and O–H groups in total. The average molecular weight is 330 g/mol. The van der Waals surface area contributed by atoms with Crippen molar-refractivity contribution in [2.75, 3.05) is 0 Å². The highest BCUT2D eigenvalue weighted by atomic mass is 127. The second-order valence-electron chi connectivity index (χ2n) is 2.93. The van der Waals surface area contributed by atoms with Crippen molar-refractivity contribution in [3.05, 3.63) is 55.2 Å². The number of nitrogens with one attached hydrogen (secondary N) is 1. The third-order valence-corrected chi connectivity index (χ3v) is 3.15. The van der Waals surface area contributed by atoms with E-state index in [1.54, 1.807) is 10.8 Å². The van der Waals surface area contributed by atoms with Gasteiger partial charge in [0.1, 0.15) is 0 Å². The molecule has 0 amide bonds. The van der Waals surface area contributed by atoms with Gasteiger partial charge >= 0.3 is 0 Å². The molecule has 0 spiro atoms. The van der Waals surface area contributed by atoms with Crippen LogP contribution in [0.15, 0.2) is 41.3 Å². The lowest BCUT2D eigenvalue weighted by Crippen LogP contribution is -2.10. The summed E-state index contributed by atoms with van der Waals surface area (Å²) >= 11 is 7.32. The van der Waals surface area contributed by atoms with Crippen LogP contribution < -0.4 is 5.56 Å². The van der Waals surface area contributed by atoms with E-state index in [4.69, 9.17) is 12.2 Å². The Morgan fingerprint density at radius 1 is 1.27 bits per heavy atom. The lowest BCUT2D eigenvalue weighted by atomic mass is 10.3. The molecule has 0 aliphatic heterocycles. The van der Waals surface area contributed by atoms with Gasteiger partial charge < -0.3 is 0 Å². The minimum absolute atomic E-state index is 0.179. The normalized spacial score (nSPS) is 10.2. The third kappa shape index (κ3) is 2.18. The second kappa shape index (κ2) is 4.28. The summed E-state index contributed by atoms with van der Waals surface area (Å²) in [7, 11) is 0. The van der Waals surface area contributed by atoms with Crippen molar-refractivity contribution in [1.29, 1.82) is 0 Å². The van der Waals surface area contributed by atoms with Gasteiger partial charge in [-0.25, -0.2) is 0 Å². The number of halogens is 1. The summed E-state index contributed by atoms with van der Waals surface area (Å²) in [6.07, 6.45) is 1.68. The standard InChI is InChI=1S/C10H7IN2OS/c11-7-3-1-2-4-8(7)13-6-5-9(14)12-10(13)15/h1-6H,(H,12,14,15). The highest BCUT2D eigenvalue weighted by Gasteiger charge is 2.00. The molecule has 0 radical (unpaired) electrons. The highest BCUT2D eigenvalue weighted by Crippen LogP contribution is 2.15. The maximum atomic E-state index is 11.0. The summed E-state index contributed by atoms with van der Waals surface area (Å²) in [5.41, 5.74) is 0.793. The minimum atomic E-state index is -0.179. The van der Waals surface area contributed by atoms with E-state index in [0.717, 1.165) is 9.26 Å². The van der Waals surface area contributed by atoms with Gasteiger partial charge in [0.15, 0.2) is 4.77 Å². The zero-order valence-electron chi connectivity index (χ0n) is 7.61. The zero-order valence-corrected chi connectivity index (χ0v) is 10.6. The van der Waals surface area contributed by atoms with Crippen LogP contribution in [0.5, 0.6) is 0 Å². The highest BCUT2D eigenvalue weighted by molar-refractivity contribution is 14.1. The lowest BCUT2D eigenvalue weighted by molar-refractivity contribution is 0.933. The first-order valence-corrected chi connectivity index (χ1v) is 5.74. The summed E-state index contributed by atoms with van der Waals surface area (Å²) in [6, 6.07) is 9.29. The van der Waals surface area contributed by atoms with Crippen molar-refractivity contribution in [1.82, 2.24) is 9.55 Å². The Morgan fingerprint density at radius 3 is 2.67 bits per heavy atom. The van der Waals surface area contributed by atoms with Gasteiger partial charge in [0.25, 0.3) is 5.56 Å². The van der Waals surface area contributed by atoms with Crippen molar-refractivity contribution >= 4 is 34.8 Å². The summed E-state index contributed by atoms with van der Waals surface area (Å²) < 4.78 is 3.27. The monoisotopic (exact) mass is 330 g/mol. The third-order valence-electron chi connectivity index (χ3n) is 1.94. The molecule has 0 unspecified atom stereocenters. The molecule has 0 saturated heterocycles. The van der Waals surface area contributed by atoms with Crippen LogP contribution in [-0.4, -0.2) is 9.55 Å². The van der Waals surface area contributed by atoms with Crippen molar-refractivity contribution in [3.63, 3.8) is 0 Å². The van der Waals surface area contributed by atoms with E-state index in [0.29, 0.717) is 4.77 Å². The molecule has 3 nitrogen and oxygen atoms in total. The summed E-state index contributed by atoms with van der Waals surface area (Å²) in [5.74, 6) is 0. The van der Waals surface area contributed by atoms with E-state index in [1.807, 2.05) is 24.3 Å². The Balaban J connectivity index is 2.70. The number of aromatic nitrogens is 2. The van der Waals surface area contributed by atoms with Gasteiger partial charge in [-0.1, -0.05) is 12.1 Å². The molecular formula is C10H7IN2OS. The summed E-state index contributed by atoms with van der Waals surface area (Å²) in [6.45, 7) is 0. The van der Waals surface area contributed by atoms with E-state index < -0.39 is 0 Å². The van der Waals surface area contributed by atoms with Crippen molar-refractivity contribution in [2.24, 2.45) is 0 Å². The molecule has 2 rings (SSSR count). The first kappa shape index (κ1) is 10.6. The average Bonchev–Trinajstić information content (AvgIpc) is 2.20. The largest absolute Gasteiger partial charge is 0.299 e. The first-order valence-electron chi connectivity index (χ1n) is 4.25. The molecule has 1 aromatic carbocycles. The predicted octanol–water partition coefficient (Wildman–Crippen LogP) is 2.50. The fourth-order valence-electron chi connectivity index (χ4n) is 1.25. The van der Waals surface area contributed by atoms with Crippen LogP contribution in [0, 0.1) is 8.34 Å². The van der Waals surface area contributed by atoms with Crippen LogP contribution in [0.2, 0.25) is 0 Å². The van der Waals surface area contributed by atoms with Crippen LogP contribution in [0.1, 0.15) is 0 Å². The smallest absolute Gasteiger partial charge is 0.251 e. The zero-order chi connectivity index (χ0) is 10.8. The Bertz CT molecular complexity index is 603. The minimum Gasteiger partial charge on any atom is -0.299 e. The van der Waals surface area contributed by atoms with Gasteiger partial charge in [0.2, 0.25) is 0 Å². The number of aromatic amines is 1. The molecule has 2 aromatic rings. The summed E-state index contributed by atoms with van der Waals surface area (Å²) in [4.78, 5) is 13.6. The number of H-pyrrole nitrogens is 1. The van der Waals surface area contributed by atoms with Gasteiger partial charge in [-0.2, -0.15) is 0 Å². The van der Waals surface area contributed by atoms with E-state index in [-0.39, 0.29) is 5.56 Å². The number of para-hydroxylation sites is 1. The molecule has 0 fully saturated rings. The number of benzene rings is 1. The van der Waals surface area contributed by atoms with Gasteiger partial charge in [-0.15, -0.1) is 0 Å². The van der Waals surface area contributed by atoms with Gasteiger partial charge in [0.05, 0.1) is 5.69 Å². The molecule has 0 saturated carbocycles. The molecule has 15 heavy (non-hydrogen) atoms. The van der Waals surface area contributed by atoms with Crippen LogP contribution in [0.3, 0.4) is 0 Å². The van der Waals surface area contributed by atoms with E-state index in [1.165, 1.54) is 6.07 Å². The van der Waals surface area contributed by atoms with Gasteiger partial charge in [-0.05, 0) is 46.9 Å². The quantitative estimate of drug-likeness (QED) is 0.644. The molecule has 5 heteroatoms. The Kier molecular flexibility index (Phi) is 3.01. The molecule has 0 bridgehead atoms. The maximum Gasteiger partial charge on any atom is 0.251 e. The number of hydrogen-bond acceptors (Lipinski definition) is 2. The summed E-state index contributed by atoms with van der Waals surface area (Å²) in [5, 5.41) is 0. The van der Waals surface area contributed by atoms with E-state index in [9.17, 15) is 4.79 Å². The van der Waals surface area contributed by atoms with Crippen molar-refractivity contribution in [3.8, 4) is 5.69 Å². The molecule has 0 atom stereocenters. The number of rotatable bonds is 1. The second-order valence-corrected chi connectivity index (χ2v) is 4.48. The van der Waals surface area contributed by atoms with Gasteiger partial charge in [0, 0.05) is 15.8 Å². The molecule has 1 heterocycles. The first-order chi connectivity index (χ1) is 7.18. The Hall–Kier alpha value is -0.950. The van der Waals surface area contributed by atoms with Gasteiger partial charge in [-0.3, -0.25) is 14.3 Å². The number of nitrogens with zero attached hydrogens (tertiary/aromatic N) is 1. The molecule has 76 valence electrons. The van der Waals surface area contributed by atoms with Crippen LogP contribution >= 0.6 is 34.8 Å². The van der Waals surface area contributed by atoms with Crippen molar-refractivity contribution < 1.29 is 0 Å². The molecule has 0 aliphatic carbocycles. The predicted molar refractivity (Wildman–Crippen MR) is 69.9 cm³/mol. The molecule has 1 aromatic heterocycles. The van der Waals surface area contributed by atoms with E-state index in [2.05, 4.69) is 27.6 Å². The topological polar surface area (TPSA) is 37.8 Å². The SMILES string of the molecule is O=c1ccn(-c2ccccc2I)c(=S)[nH]1. The lowest BCUT2D eigenvalue weighted by Gasteiger charge is -2.07. The van der Waals surface area contributed by atoms with Crippen LogP contribution in [0.4, 0.5) is 0 Å². The van der Waals surface area contributed by atoms with Crippen LogP contribution in [0.25, 0.3) is 5.69 Å². The van der Waals surface area contributed by atoms with Crippen molar-refractivity contribution in [2.45, 2.75) is 0 Å².